The van der Waals surface area contributed by atoms with Crippen LogP contribution in [0.15, 0.2) is 54.7 Å². The summed E-state index contributed by atoms with van der Waals surface area (Å²) in [6.45, 7) is 0. The van der Waals surface area contributed by atoms with Gasteiger partial charge in [0.2, 0.25) is 34.8 Å². The van der Waals surface area contributed by atoms with Crippen LogP contribution in [-0.4, -0.2) is 30.1 Å². The Kier molecular flexibility index (Phi) is 7.27. The summed E-state index contributed by atoms with van der Waals surface area (Å²) in [5.74, 6) is -13.5. The zero-order valence-corrected chi connectivity index (χ0v) is 19.0. The number of rotatable bonds is 7. The third-order valence-corrected chi connectivity index (χ3v) is 5.37. The first-order chi connectivity index (χ1) is 17.7. The quantitative estimate of drug-likeness (QED) is 0.129. The Balaban J connectivity index is 1.49. The summed E-state index contributed by atoms with van der Waals surface area (Å²) in [5, 5.41) is 5.76. The lowest BCUT2D eigenvalue weighted by Crippen LogP contribution is -2.45. The topological polar surface area (TPSA) is 92.5 Å². The number of carbonyl (C=O) groups excluding carboxylic acids is 2. The molecule has 0 fully saturated rings. The Morgan fingerprint density at radius 2 is 1.59 bits per heavy atom. The molecule has 0 aliphatic heterocycles. The van der Waals surface area contributed by atoms with Gasteiger partial charge in [0.25, 0.3) is 0 Å². The highest BCUT2D eigenvalue weighted by molar-refractivity contribution is 5.93. The van der Waals surface area contributed by atoms with Crippen LogP contribution in [0.4, 0.5) is 32.4 Å². The van der Waals surface area contributed by atoms with Crippen molar-refractivity contribution in [2.75, 3.05) is 12.4 Å². The van der Waals surface area contributed by atoms with Gasteiger partial charge in [-0.3, -0.25) is 0 Å². The van der Waals surface area contributed by atoms with Crippen molar-refractivity contribution in [2.24, 2.45) is 0 Å². The van der Waals surface area contributed by atoms with Crippen LogP contribution in [-0.2, 0) is 16.0 Å². The predicted molar refractivity (Wildman–Crippen MR) is 123 cm³/mol. The van der Waals surface area contributed by atoms with Gasteiger partial charge in [-0.25, -0.2) is 22.8 Å². The second-order valence-corrected chi connectivity index (χ2v) is 7.77. The lowest BCUT2D eigenvalue weighted by atomic mass is 10.1. The minimum Gasteiger partial charge on any atom is -0.467 e. The van der Waals surface area contributed by atoms with Crippen molar-refractivity contribution in [3.63, 3.8) is 0 Å². The molecular weight excluding hydrogens is 501 g/mol. The molecule has 0 spiro atoms. The van der Waals surface area contributed by atoms with Crippen molar-refractivity contribution in [3.05, 3.63) is 89.4 Å². The number of hydrogen-bond acceptors (Lipinski definition) is 4. The van der Waals surface area contributed by atoms with E-state index >= 15 is 0 Å². The van der Waals surface area contributed by atoms with Gasteiger partial charge < -0.3 is 25.1 Å². The van der Waals surface area contributed by atoms with Crippen LogP contribution in [0.5, 0.6) is 11.5 Å². The van der Waals surface area contributed by atoms with Crippen molar-refractivity contribution in [1.29, 1.82) is 0 Å². The van der Waals surface area contributed by atoms with Crippen LogP contribution in [0, 0.1) is 29.1 Å². The van der Waals surface area contributed by atoms with Crippen LogP contribution >= 0.6 is 0 Å². The fourth-order valence-corrected chi connectivity index (χ4v) is 3.61. The molecule has 1 aromatic heterocycles. The van der Waals surface area contributed by atoms with Crippen LogP contribution < -0.4 is 15.4 Å². The normalized spacial score (nSPS) is 11.7. The van der Waals surface area contributed by atoms with E-state index in [-0.39, 0.29) is 17.9 Å². The first kappa shape index (κ1) is 25.5. The third-order valence-electron chi connectivity index (χ3n) is 5.37. The molecule has 7 nitrogen and oxygen atoms in total. The first-order valence-corrected chi connectivity index (χ1v) is 10.7. The molecule has 0 saturated carbocycles. The minimum atomic E-state index is -2.32. The third kappa shape index (κ3) is 5.32. The van der Waals surface area contributed by atoms with E-state index in [2.05, 4.69) is 15.6 Å². The summed E-state index contributed by atoms with van der Waals surface area (Å²) in [6.07, 6.45) is 1.81. The predicted octanol–water partition coefficient (Wildman–Crippen LogP) is 5.56. The molecule has 4 rings (SSSR count). The van der Waals surface area contributed by atoms with Crippen LogP contribution in [0.3, 0.4) is 0 Å². The number of hydrogen-bond donors (Lipinski definition) is 3. The molecule has 0 radical (unpaired) electrons. The van der Waals surface area contributed by atoms with E-state index in [1.165, 1.54) is 25.3 Å². The summed E-state index contributed by atoms with van der Waals surface area (Å²) >= 11 is 0. The van der Waals surface area contributed by atoms with E-state index in [4.69, 9.17) is 9.47 Å². The summed E-state index contributed by atoms with van der Waals surface area (Å²) in [5.41, 5.74) is 1.63. The van der Waals surface area contributed by atoms with E-state index in [0.29, 0.717) is 0 Å². The van der Waals surface area contributed by atoms with Gasteiger partial charge in [0.1, 0.15) is 11.8 Å². The second kappa shape index (κ2) is 10.6. The van der Waals surface area contributed by atoms with Gasteiger partial charge in [-0.1, -0.05) is 24.3 Å². The van der Waals surface area contributed by atoms with Gasteiger partial charge in [-0.15, -0.1) is 0 Å². The Labute approximate surface area is 206 Å². The molecular formula is C25H18F5N3O4. The van der Waals surface area contributed by atoms with E-state index in [1.807, 2.05) is 24.3 Å². The number of halogens is 5. The maximum Gasteiger partial charge on any atom is 0.328 e. The molecule has 0 saturated heterocycles. The summed E-state index contributed by atoms with van der Waals surface area (Å²) < 4.78 is 77.7. The first-order valence-electron chi connectivity index (χ1n) is 10.7. The summed E-state index contributed by atoms with van der Waals surface area (Å²) in [6, 6.07) is 10.4. The van der Waals surface area contributed by atoms with Crippen molar-refractivity contribution in [2.45, 2.75) is 12.5 Å². The maximum atomic E-state index is 13.9. The fraction of sp³-hybridized carbons (Fsp3) is 0.120. The van der Waals surface area contributed by atoms with Gasteiger partial charge in [-0.2, -0.15) is 8.78 Å². The lowest BCUT2D eigenvalue weighted by molar-refractivity contribution is -0.142. The smallest absolute Gasteiger partial charge is 0.328 e. The number of esters is 1. The number of benzene rings is 3. The Bertz CT molecular complexity index is 1460. The molecule has 0 aliphatic rings. The zero-order valence-electron chi connectivity index (χ0n) is 19.0. The lowest BCUT2D eigenvalue weighted by Gasteiger charge is -2.17. The Hall–Kier alpha value is -4.61. The molecule has 4 aromatic rings. The molecule has 12 heteroatoms. The highest BCUT2D eigenvalue weighted by atomic mass is 19.2. The zero-order chi connectivity index (χ0) is 26.7. The van der Waals surface area contributed by atoms with Crippen LogP contribution in [0.1, 0.15) is 5.56 Å². The number of urea groups is 1. The summed E-state index contributed by atoms with van der Waals surface area (Å²) in [7, 11) is 1.17. The average Bonchev–Trinajstić information content (AvgIpc) is 3.31. The molecule has 2 amide bonds. The Morgan fingerprint density at radius 3 is 2.30 bits per heavy atom. The molecule has 0 aliphatic carbocycles. The molecule has 3 aromatic carbocycles. The highest BCUT2D eigenvalue weighted by Crippen LogP contribution is 2.33. The summed E-state index contributed by atoms with van der Waals surface area (Å²) in [4.78, 5) is 28.0. The van der Waals surface area contributed by atoms with E-state index in [0.717, 1.165) is 22.5 Å². The molecule has 1 heterocycles. The van der Waals surface area contributed by atoms with E-state index in [1.54, 1.807) is 6.20 Å². The number of aromatic nitrogens is 1. The van der Waals surface area contributed by atoms with Crippen molar-refractivity contribution in [1.82, 2.24) is 10.3 Å². The SMILES string of the molecule is COC(=O)[C@H](Cc1c[nH]c2ccccc12)NC(=O)Nc1cccc(Oc2c(F)c(F)c(F)c(F)c2F)c1. The number of para-hydroxylation sites is 1. The average molecular weight is 519 g/mol. The van der Waals surface area contributed by atoms with Gasteiger partial charge >= 0.3 is 12.0 Å². The number of carbonyl (C=O) groups is 2. The monoisotopic (exact) mass is 519 g/mol. The number of aromatic amines is 1. The van der Waals surface area contributed by atoms with E-state index < -0.39 is 52.9 Å². The second-order valence-electron chi connectivity index (χ2n) is 7.77. The standard InChI is InChI=1S/C25H18F5N3O4/c1-36-24(34)17(9-12-11-31-16-8-3-2-7-15(12)16)33-25(35)32-13-5-4-6-14(10-13)37-23-21(29)19(27)18(26)20(28)22(23)30/h2-8,10-11,17,31H,9H2,1H3,(H2,32,33,35)/t17-/m0/s1. The molecule has 37 heavy (non-hydrogen) atoms. The number of nitrogens with one attached hydrogen (secondary N) is 3. The Morgan fingerprint density at radius 1 is 0.919 bits per heavy atom. The number of ether oxygens (including phenoxy) is 2. The van der Waals surface area contributed by atoms with Crippen molar-refractivity contribution in [3.8, 4) is 11.5 Å². The van der Waals surface area contributed by atoms with Crippen molar-refractivity contribution >= 4 is 28.6 Å². The van der Waals surface area contributed by atoms with E-state index in [9.17, 15) is 31.5 Å². The largest absolute Gasteiger partial charge is 0.467 e. The van der Waals surface area contributed by atoms with Crippen LogP contribution in [0.2, 0.25) is 0 Å². The van der Waals surface area contributed by atoms with Gasteiger partial charge in [-0.05, 0) is 23.8 Å². The molecule has 192 valence electrons. The molecule has 0 unspecified atom stereocenters. The van der Waals surface area contributed by atoms with Gasteiger partial charge in [0.05, 0.1) is 7.11 Å². The maximum absolute atomic E-state index is 13.9. The minimum absolute atomic E-state index is 0.0366. The van der Waals surface area contributed by atoms with Gasteiger partial charge in [0.15, 0.2) is 0 Å². The molecule has 3 N–H and O–H groups in total. The fourth-order valence-electron chi connectivity index (χ4n) is 3.61. The molecule has 0 bridgehead atoms. The number of H-pyrrole nitrogens is 1. The highest BCUT2D eigenvalue weighted by Gasteiger charge is 2.28. The van der Waals surface area contributed by atoms with Gasteiger partial charge in [0, 0.05) is 35.3 Å². The molecule has 1 atom stereocenters. The number of methoxy groups -OCH3 is 1. The van der Waals surface area contributed by atoms with Crippen LogP contribution in [0.25, 0.3) is 10.9 Å². The van der Waals surface area contributed by atoms with Crippen molar-refractivity contribution < 1.29 is 41.0 Å². The number of fused-ring (bicyclic) bond motifs is 1. The number of anilines is 1. The number of amides is 2.